The van der Waals surface area contributed by atoms with E-state index < -0.39 is 0 Å². The first-order valence-electron chi connectivity index (χ1n) is 8.68. The third-order valence-corrected chi connectivity index (χ3v) is 6.34. The average molecular weight is 307 g/mol. The van der Waals surface area contributed by atoms with Crippen molar-refractivity contribution in [3.05, 3.63) is 65.2 Å². The summed E-state index contributed by atoms with van der Waals surface area (Å²) in [6, 6.07) is 17.4. The van der Waals surface area contributed by atoms with Crippen LogP contribution in [0, 0.1) is 5.92 Å². The van der Waals surface area contributed by atoms with Crippen LogP contribution in [-0.2, 0) is 18.4 Å². The van der Waals surface area contributed by atoms with Crippen molar-refractivity contribution in [1.29, 1.82) is 0 Å². The van der Waals surface area contributed by atoms with Gasteiger partial charge in [-0.25, -0.2) is 0 Å². The number of phenols is 1. The largest absolute Gasteiger partial charge is 0.508 e. The minimum atomic E-state index is 0.185. The maximum atomic E-state index is 9.92. The van der Waals surface area contributed by atoms with E-state index in [0.29, 0.717) is 17.7 Å². The summed E-state index contributed by atoms with van der Waals surface area (Å²) in [5.74, 6) is 1.01. The van der Waals surface area contributed by atoms with Crippen molar-refractivity contribution in [2.75, 3.05) is 6.54 Å². The average Bonchev–Trinajstić information content (AvgIpc) is 2.55. The summed E-state index contributed by atoms with van der Waals surface area (Å²) in [5.41, 5.74) is 4.39. The van der Waals surface area contributed by atoms with Gasteiger partial charge in [-0.3, -0.25) is 4.90 Å². The number of hydrogen-bond acceptors (Lipinski definition) is 2. The summed E-state index contributed by atoms with van der Waals surface area (Å²) < 4.78 is 0. The van der Waals surface area contributed by atoms with Crippen LogP contribution in [0.4, 0.5) is 0 Å². The van der Waals surface area contributed by atoms with Gasteiger partial charge in [0, 0.05) is 12.6 Å². The summed E-state index contributed by atoms with van der Waals surface area (Å²) in [7, 11) is 0. The van der Waals surface area contributed by atoms with Crippen LogP contribution in [0.3, 0.4) is 0 Å². The number of likely N-dealkylation sites (tertiary alicyclic amines) is 1. The number of piperidine rings is 1. The van der Waals surface area contributed by atoms with Crippen LogP contribution in [0.15, 0.2) is 48.5 Å². The van der Waals surface area contributed by atoms with E-state index in [1.54, 1.807) is 0 Å². The second-order valence-electron chi connectivity index (χ2n) is 7.53. The van der Waals surface area contributed by atoms with Gasteiger partial charge >= 0.3 is 0 Å². The van der Waals surface area contributed by atoms with Gasteiger partial charge in [-0.1, -0.05) is 50.2 Å². The number of fused-ring (bicyclic) bond motifs is 4. The molecular formula is C21H25NO. The van der Waals surface area contributed by atoms with Gasteiger partial charge in [-0.15, -0.1) is 0 Å². The molecule has 120 valence electrons. The van der Waals surface area contributed by atoms with E-state index in [1.807, 2.05) is 12.1 Å². The molecule has 2 nitrogen and oxygen atoms in total. The van der Waals surface area contributed by atoms with Gasteiger partial charge in [-0.05, 0) is 59.5 Å². The summed E-state index contributed by atoms with van der Waals surface area (Å²) in [5, 5.41) is 9.92. The van der Waals surface area contributed by atoms with E-state index in [0.717, 1.165) is 25.9 Å². The number of aromatic hydroxyl groups is 1. The lowest BCUT2D eigenvalue weighted by Crippen LogP contribution is -2.57. The zero-order chi connectivity index (χ0) is 16.0. The zero-order valence-corrected chi connectivity index (χ0v) is 14.0. The fraction of sp³-hybridized carbons (Fsp3) is 0.429. The Morgan fingerprint density at radius 3 is 2.74 bits per heavy atom. The van der Waals surface area contributed by atoms with Crippen molar-refractivity contribution in [3.8, 4) is 5.75 Å². The minimum Gasteiger partial charge on any atom is -0.508 e. The lowest BCUT2D eigenvalue weighted by atomic mass is 9.59. The van der Waals surface area contributed by atoms with Crippen LogP contribution < -0.4 is 0 Å². The molecule has 1 saturated heterocycles. The predicted octanol–water partition coefficient (Wildman–Crippen LogP) is 4.12. The standard InChI is InChI=1S/C21H25NO/c1-15-20-12-17-8-9-18(23)13-19(17)21(15,2)10-11-22(20)14-16-6-4-3-5-7-16/h3-9,13,15,20,23H,10-12,14H2,1-2H3/t15?,20-,21-/m0/s1. The molecule has 2 aromatic carbocycles. The molecule has 1 fully saturated rings. The van der Waals surface area contributed by atoms with Gasteiger partial charge in [0.05, 0.1) is 0 Å². The molecule has 2 aromatic rings. The van der Waals surface area contributed by atoms with Crippen LogP contribution in [0.1, 0.15) is 37.0 Å². The molecule has 0 saturated carbocycles. The highest BCUT2D eigenvalue weighted by Crippen LogP contribution is 2.49. The number of hydrogen-bond donors (Lipinski definition) is 1. The lowest BCUT2D eigenvalue weighted by Gasteiger charge is -2.54. The van der Waals surface area contributed by atoms with E-state index in [-0.39, 0.29) is 5.41 Å². The summed E-state index contributed by atoms with van der Waals surface area (Å²) in [6.45, 7) is 6.96. The minimum absolute atomic E-state index is 0.185. The number of nitrogens with zero attached hydrogens (tertiary/aromatic N) is 1. The molecule has 1 unspecified atom stereocenters. The molecule has 0 radical (unpaired) electrons. The van der Waals surface area contributed by atoms with Crippen LogP contribution in [0.25, 0.3) is 0 Å². The molecule has 1 N–H and O–H groups in total. The second kappa shape index (κ2) is 5.38. The quantitative estimate of drug-likeness (QED) is 0.902. The van der Waals surface area contributed by atoms with E-state index in [4.69, 9.17) is 0 Å². The second-order valence-corrected chi connectivity index (χ2v) is 7.53. The van der Waals surface area contributed by atoms with Gasteiger partial charge in [0.25, 0.3) is 0 Å². The van der Waals surface area contributed by atoms with E-state index in [2.05, 4.69) is 55.1 Å². The molecule has 4 rings (SSSR count). The summed E-state index contributed by atoms with van der Waals surface area (Å²) >= 11 is 0. The van der Waals surface area contributed by atoms with E-state index in [1.165, 1.54) is 16.7 Å². The van der Waals surface area contributed by atoms with Crippen molar-refractivity contribution in [2.24, 2.45) is 5.92 Å². The number of phenolic OH excluding ortho intramolecular Hbond substituents is 1. The molecule has 0 amide bonds. The molecule has 1 heterocycles. The first kappa shape index (κ1) is 14.8. The zero-order valence-electron chi connectivity index (χ0n) is 14.0. The molecular weight excluding hydrogens is 282 g/mol. The number of benzene rings is 2. The molecule has 2 bridgehead atoms. The Morgan fingerprint density at radius 2 is 1.96 bits per heavy atom. The van der Waals surface area contributed by atoms with Crippen molar-refractivity contribution >= 4 is 0 Å². The Kier molecular flexibility index (Phi) is 3.46. The lowest BCUT2D eigenvalue weighted by molar-refractivity contribution is 0.0258. The van der Waals surface area contributed by atoms with Gasteiger partial charge in [0.1, 0.15) is 5.75 Å². The molecule has 23 heavy (non-hydrogen) atoms. The smallest absolute Gasteiger partial charge is 0.115 e. The Bertz CT molecular complexity index is 711. The van der Waals surface area contributed by atoms with E-state index >= 15 is 0 Å². The third-order valence-electron chi connectivity index (χ3n) is 6.34. The molecule has 1 aliphatic heterocycles. The first-order valence-corrected chi connectivity index (χ1v) is 8.68. The molecule has 3 atom stereocenters. The van der Waals surface area contributed by atoms with Crippen LogP contribution in [-0.4, -0.2) is 22.6 Å². The highest BCUT2D eigenvalue weighted by molar-refractivity contribution is 5.44. The molecule has 1 aliphatic carbocycles. The van der Waals surface area contributed by atoms with Crippen molar-refractivity contribution in [3.63, 3.8) is 0 Å². The predicted molar refractivity (Wildman–Crippen MR) is 93.6 cm³/mol. The van der Waals surface area contributed by atoms with E-state index in [9.17, 15) is 5.11 Å². The molecule has 0 aromatic heterocycles. The van der Waals surface area contributed by atoms with Crippen molar-refractivity contribution < 1.29 is 5.11 Å². The normalized spacial score (nSPS) is 30.0. The van der Waals surface area contributed by atoms with Crippen LogP contribution in [0.2, 0.25) is 0 Å². The number of rotatable bonds is 2. The Hall–Kier alpha value is -1.80. The highest BCUT2D eigenvalue weighted by Gasteiger charge is 2.48. The van der Waals surface area contributed by atoms with Gasteiger partial charge in [0.15, 0.2) is 0 Å². The van der Waals surface area contributed by atoms with Crippen LogP contribution in [0.5, 0.6) is 5.75 Å². The Morgan fingerprint density at radius 1 is 1.17 bits per heavy atom. The summed E-state index contributed by atoms with van der Waals surface area (Å²) in [6.07, 6.45) is 2.26. The van der Waals surface area contributed by atoms with Gasteiger partial charge in [-0.2, -0.15) is 0 Å². The third kappa shape index (κ3) is 2.36. The molecule has 2 heteroatoms. The van der Waals surface area contributed by atoms with Crippen LogP contribution >= 0.6 is 0 Å². The topological polar surface area (TPSA) is 23.5 Å². The molecule has 0 spiro atoms. The Labute approximate surface area is 138 Å². The fourth-order valence-corrected chi connectivity index (χ4v) is 4.71. The SMILES string of the molecule is CC1[C@@H]2Cc3ccc(O)cc3[C@@]1(C)CCN2Cc1ccccc1. The van der Waals surface area contributed by atoms with Crippen molar-refractivity contribution in [1.82, 2.24) is 4.90 Å². The van der Waals surface area contributed by atoms with Gasteiger partial charge in [0.2, 0.25) is 0 Å². The van der Waals surface area contributed by atoms with Crippen molar-refractivity contribution in [2.45, 2.75) is 44.7 Å². The monoisotopic (exact) mass is 307 g/mol. The summed E-state index contributed by atoms with van der Waals surface area (Å²) in [4.78, 5) is 2.66. The maximum absolute atomic E-state index is 9.92. The first-order chi connectivity index (χ1) is 11.1. The highest BCUT2D eigenvalue weighted by atomic mass is 16.3. The maximum Gasteiger partial charge on any atom is 0.115 e. The Balaban J connectivity index is 1.67. The van der Waals surface area contributed by atoms with Gasteiger partial charge < -0.3 is 5.11 Å². The molecule has 2 aliphatic rings. The fourth-order valence-electron chi connectivity index (χ4n) is 4.71.